The van der Waals surface area contributed by atoms with Crippen molar-refractivity contribution < 1.29 is 14.3 Å². The molecule has 0 atom stereocenters. The van der Waals surface area contributed by atoms with Crippen molar-refractivity contribution in [3.8, 4) is 5.75 Å². The van der Waals surface area contributed by atoms with Crippen molar-refractivity contribution in [3.05, 3.63) is 99.6 Å². The van der Waals surface area contributed by atoms with Gasteiger partial charge >= 0.3 is 5.97 Å². The molecule has 0 bridgehead atoms. The molecule has 0 unspecified atom stereocenters. The zero-order chi connectivity index (χ0) is 22.2. The minimum Gasteiger partial charge on any atom is -0.494 e. The average Bonchev–Trinajstić information content (AvgIpc) is 2.78. The molecule has 3 aromatic rings. The minimum absolute atomic E-state index is 0.353. The van der Waals surface area contributed by atoms with Crippen molar-refractivity contribution in [3.63, 3.8) is 0 Å². The van der Waals surface area contributed by atoms with E-state index in [0.717, 1.165) is 29.2 Å². The van der Waals surface area contributed by atoms with Gasteiger partial charge in [-0.25, -0.2) is 4.79 Å². The van der Waals surface area contributed by atoms with E-state index >= 15 is 0 Å². The van der Waals surface area contributed by atoms with Crippen LogP contribution in [0.2, 0.25) is 5.02 Å². The van der Waals surface area contributed by atoms with Gasteiger partial charge in [0.05, 0.1) is 19.3 Å². The van der Waals surface area contributed by atoms with E-state index in [-0.39, 0.29) is 5.97 Å². The highest BCUT2D eigenvalue weighted by Crippen LogP contribution is 2.26. The molecule has 0 radical (unpaired) electrons. The lowest BCUT2D eigenvalue weighted by atomic mass is 9.97. The number of halogens is 1. The molecule has 0 N–H and O–H groups in total. The zero-order valence-electron chi connectivity index (χ0n) is 18.2. The van der Waals surface area contributed by atoms with Gasteiger partial charge in [0.1, 0.15) is 5.75 Å². The van der Waals surface area contributed by atoms with Gasteiger partial charge in [0.2, 0.25) is 0 Å². The van der Waals surface area contributed by atoms with Crippen molar-refractivity contribution in [2.75, 3.05) is 13.7 Å². The topological polar surface area (TPSA) is 35.5 Å². The standard InChI is InChI=1S/C27H27ClO3/c1-19-9-10-21(16-20(19)2)17-23(24-6-4-8-25(28)18-24)7-5-15-31-26-13-11-22(12-14-26)27(29)30-3/h4,6,8-14,16-18H,5,7,15H2,1-3H3. The predicted octanol–water partition coefficient (Wildman–Crippen LogP) is 7.14. The largest absolute Gasteiger partial charge is 0.494 e. The van der Waals surface area contributed by atoms with E-state index in [1.807, 2.05) is 18.2 Å². The first-order valence-electron chi connectivity index (χ1n) is 10.3. The summed E-state index contributed by atoms with van der Waals surface area (Å²) >= 11 is 6.24. The van der Waals surface area contributed by atoms with Crippen LogP contribution in [0.4, 0.5) is 0 Å². The molecule has 160 valence electrons. The summed E-state index contributed by atoms with van der Waals surface area (Å²) in [7, 11) is 1.37. The molecular weight excluding hydrogens is 408 g/mol. The van der Waals surface area contributed by atoms with Crippen molar-refractivity contribution >= 4 is 29.2 Å². The number of aryl methyl sites for hydroxylation is 2. The van der Waals surface area contributed by atoms with Crippen molar-refractivity contribution in [2.24, 2.45) is 0 Å². The van der Waals surface area contributed by atoms with Gasteiger partial charge in [-0.3, -0.25) is 0 Å². The van der Waals surface area contributed by atoms with Crippen LogP contribution in [0, 0.1) is 13.8 Å². The minimum atomic E-state index is -0.353. The van der Waals surface area contributed by atoms with Gasteiger partial charge in [-0.2, -0.15) is 0 Å². The van der Waals surface area contributed by atoms with Gasteiger partial charge in [0, 0.05) is 5.02 Å². The Kier molecular flexibility index (Phi) is 7.91. The average molecular weight is 435 g/mol. The van der Waals surface area contributed by atoms with Gasteiger partial charge in [-0.15, -0.1) is 0 Å². The Morgan fingerprint density at radius 1 is 0.935 bits per heavy atom. The molecule has 4 heteroatoms. The molecule has 0 spiro atoms. The number of carbonyl (C=O) groups excluding carboxylic acids is 1. The van der Waals surface area contributed by atoms with Crippen LogP contribution >= 0.6 is 11.6 Å². The Hall–Kier alpha value is -3.04. The molecule has 0 saturated carbocycles. The molecule has 3 aromatic carbocycles. The number of rotatable bonds is 8. The maximum atomic E-state index is 11.5. The number of esters is 1. The highest BCUT2D eigenvalue weighted by molar-refractivity contribution is 6.30. The summed E-state index contributed by atoms with van der Waals surface area (Å²) in [5, 5.41) is 0.727. The van der Waals surface area contributed by atoms with Gasteiger partial charge in [-0.05, 0) is 90.9 Å². The number of ether oxygens (including phenoxy) is 2. The maximum Gasteiger partial charge on any atom is 0.337 e. The summed E-state index contributed by atoms with van der Waals surface area (Å²) in [6.45, 7) is 4.82. The summed E-state index contributed by atoms with van der Waals surface area (Å²) in [4.78, 5) is 11.5. The lowest BCUT2D eigenvalue weighted by Crippen LogP contribution is -2.02. The Bertz CT molecular complexity index is 1070. The van der Waals surface area contributed by atoms with E-state index in [1.54, 1.807) is 24.3 Å². The third-order valence-corrected chi connectivity index (χ3v) is 5.44. The fourth-order valence-electron chi connectivity index (χ4n) is 3.30. The summed E-state index contributed by atoms with van der Waals surface area (Å²) in [5.41, 5.74) is 6.58. The first kappa shape index (κ1) is 22.6. The first-order chi connectivity index (χ1) is 15.0. The smallest absolute Gasteiger partial charge is 0.337 e. The van der Waals surface area contributed by atoms with E-state index in [4.69, 9.17) is 21.1 Å². The molecule has 0 amide bonds. The summed E-state index contributed by atoms with van der Waals surface area (Å²) in [6, 6.07) is 21.4. The molecule has 0 saturated heterocycles. The maximum absolute atomic E-state index is 11.5. The normalized spacial score (nSPS) is 11.3. The second kappa shape index (κ2) is 10.8. The summed E-state index contributed by atoms with van der Waals surface area (Å²) < 4.78 is 10.6. The molecule has 31 heavy (non-hydrogen) atoms. The second-order valence-electron chi connectivity index (χ2n) is 7.49. The molecule has 0 aliphatic rings. The monoisotopic (exact) mass is 434 g/mol. The van der Waals surface area contributed by atoms with Crippen LogP contribution in [0.15, 0.2) is 66.7 Å². The Balaban J connectivity index is 1.68. The van der Waals surface area contributed by atoms with Crippen molar-refractivity contribution in [1.82, 2.24) is 0 Å². The molecule has 0 aliphatic carbocycles. The van der Waals surface area contributed by atoms with Crippen molar-refractivity contribution in [2.45, 2.75) is 26.7 Å². The van der Waals surface area contributed by atoms with Gasteiger partial charge in [0.25, 0.3) is 0 Å². The van der Waals surface area contributed by atoms with E-state index in [9.17, 15) is 4.79 Å². The van der Waals surface area contributed by atoms with Crippen LogP contribution in [0.25, 0.3) is 11.6 Å². The second-order valence-corrected chi connectivity index (χ2v) is 7.93. The van der Waals surface area contributed by atoms with Crippen LogP contribution in [-0.2, 0) is 4.74 Å². The van der Waals surface area contributed by atoms with Gasteiger partial charge in [0.15, 0.2) is 0 Å². The van der Waals surface area contributed by atoms with Crippen LogP contribution in [0.3, 0.4) is 0 Å². The molecule has 3 rings (SSSR count). The van der Waals surface area contributed by atoms with Gasteiger partial charge in [-0.1, -0.05) is 48.0 Å². The lowest BCUT2D eigenvalue weighted by Gasteiger charge is -2.11. The Morgan fingerprint density at radius 3 is 2.39 bits per heavy atom. The fraction of sp³-hybridized carbons (Fsp3) is 0.222. The SMILES string of the molecule is COC(=O)c1ccc(OCCCC(=Cc2ccc(C)c(C)c2)c2cccc(Cl)c2)cc1. The molecule has 0 fully saturated rings. The fourth-order valence-corrected chi connectivity index (χ4v) is 3.49. The third kappa shape index (κ3) is 6.47. The van der Waals surface area contributed by atoms with E-state index in [2.05, 4.69) is 44.2 Å². The van der Waals surface area contributed by atoms with E-state index in [1.165, 1.54) is 29.4 Å². The first-order valence-corrected chi connectivity index (χ1v) is 10.7. The highest BCUT2D eigenvalue weighted by Gasteiger charge is 2.07. The molecular formula is C27H27ClO3. The number of allylic oxidation sites excluding steroid dienone is 1. The number of carbonyl (C=O) groups is 1. The molecule has 3 nitrogen and oxygen atoms in total. The van der Waals surface area contributed by atoms with Gasteiger partial charge < -0.3 is 9.47 Å². The summed E-state index contributed by atoms with van der Waals surface area (Å²) in [6.07, 6.45) is 3.93. The van der Waals surface area contributed by atoms with E-state index < -0.39 is 0 Å². The number of methoxy groups -OCH3 is 1. The number of benzene rings is 3. The summed E-state index contributed by atoms with van der Waals surface area (Å²) in [5.74, 6) is 0.379. The molecule has 0 heterocycles. The Morgan fingerprint density at radius 2 is 1.71 bits per heavy atom. The van der Waals surface area contributed by atoms with Crippen LogP contribution in [0.5, 0.6) is 5.75 Å². The number of hydrogen-bond donors (Lipinski definition) is 0. The van der Waals surface area contributed by atoms with Crippen LogP contribution in [-0.4, -0.2) is 19.7 Å². The predicted molar refractivity (Wildman–Crippen MR) is 128 cm³/mol. The molecule has 0 aromatic heterocycles. The van der Waals surface area contributed by atoms with Crippen molar-refractivity contribution in [1.29, 1.82) is 0 Å². The zero-order valence-corrected chi connectivity index (χ0v) is 18.9. The highest BCUT2D eigenvalue weighted by atomic mass is 35.5. The number of hydrogen-bond acceptors (Lipinski definition) is 3. The lowest BCUT2D eigenvalue weighted by molar-refractivity contribution is 0.0600. The Labute approximate surface area is 189 Å². The van der Waals surface area contributed by atoms with Crippen LogP contribution in [0.1, 0.15) is 45.5 Å². The van der Waals surface area contributed by atoms with E-state index in [0.29, 0.717) is 12.2 Å². The third-order valence-electron chi connectivity index (χ3n) is 5.20. The molecule has 0 aliphatic heterocycles. The quantitative estimate of drug-likeness (QED) is 0.214. The van der Waals surface area contributed by atoms with Crippen LogP contribution < -0.4 is 4.74 Å².